The van der Waals surface area contributed by atoms with E-state index in [4.69, 9.17) is 16.3 Å². The highest BCUT2D eigenvalue weighted by atomic mass is 35.5. The summed E-state index contributed by atoms with van der Waals surface area (Å²) in [6, 6.07) is 17.7. The SMILES string of the molecule is CCOc1ccccc1N1CCN(C(=O)c2cc3c(C)nn(-c4cccc(Cl)c4)c3s2)CC1. The van der Waals surface area contributed by atoms with Crippen molar-refractivity contribution in [1.82, 2.24) is 14.7 Å². The number of para-hydroxylation sites is 2. The van der Waals surface area contributed by atoms with Gasteiger partial charge in [-0.1, -0.05) is 29.8 Å². The molecule has 33 heavy (non-hydrogen) atoms. The van der Waals surface area contributed by atoms with Crippen molar-refractivity contribution in [2.24, 2.45) is 0 Å². The Morgan fingerprint density at radius 2 is 1.88 bits per heavy atom. The van der Waals surface area contributed by atoms with E-state index >= 15 is 0 Å². The Kier molecular flexibility index (Phi) is 6.00. The molecule has 0 spiro atoms. The fraction of sp³-hybridized carbons (Fsp3) is 0.280. The van der Waals surface area contributed by atoms with Crippen LogP contribution in [0.15, 0.2) is 54.6 Å². The molecule has 1 aliphatic rings. The molecule has 0 unspecified atom stereocenters. The number of rotatable bonds is 5. The number of nitrogens with zero attached hydrogens (tertiary/aromatic N) is 4. The molecule has 5 rings (SSSR count). The van der Waals surface area contributed by atoms with Crippen molar-refractivity contribution in [3.05, 3.63) is 70.2 Å². The van der Waals surface area contributed by atoms with Crippen LogP contribution in [0.1, 0.15) is 22.3 Å². The highest BCUT2D eigenvalue weighted by molar-refractivity contribution is 7.20. The standard InChI is InChI=1S/C25H25ClN4O2S/c1-3-32-22-10-5-4-9-21(22)28-11-13-29(14-12-28)24(31)23-16-20-17(2)27-30(25(20)33-23)19-8-6-7-18(26)15-19/h4-10,15-16H,3,11-14H2,1-2H3. The minimum absolute atomic E-state index is 0.0750. The van der Waals surface area contributed by atoms with E-state index in [2.05, 4.69) is 16.1 Å². The van der Waals surface area contributed by atoms with Gasteiger partial charge in [0.15, 0.2) is 0 Å². The first kappa shape index (κ1) is 21.8. The molecular formula is C25H25ClN4O2S. The maximum Gasteiger partial charge on any atom is 0.264 e. The Morgan fingerprint density at radius 1 is 1.09 bits per heavy atom. The van der Waals surface area contributed by atoms with Crippen LogP contribution in [0.2, 0.25) is 5.02 Å². The van der Waals surface area contributed by atoms with Crippen LogP contribution in [-0.2, 0) is 0 Å². The molecule has 1 fully saturated rings. The maximum atomic E-state index is 13.3. The summed E-state index contributed by atoms with van der Waals surface area (Å²) in [6.07, 6.45) is 0. The van der Waals surface area contributed by atoms with Crippen molar-refractivity contribution in [1.29, 1.82) is 0 Å². The van der Waals surface area contributed by atoms with Crippen molar-refractivity contribution in [2.75, 3.05) is 37.7 Å². The number of aryl methyl sites for hydroxylation is 1. The van der Waals surface area contributed by atoms with Crippen LogP contribution < -0.4 is 9.64 Å². The van der Waals surface area contributed by atoms with Crippen molar-refractivity contribution in [3.8, 4) is 11.4 Å². The van der Waals surface area contributed by atoms with Crippen molar-refractivity contribution >= 4 is 44.7 Å². The molecule has 0 N–H and O–H groups in total. The van der Waals surface area contributed by atoms with E-state index in [1.165, 1.54) is 11.3 Å². The van der Waals surface area contributed by atoms with Gasteiger partial charge in [0, 0.05) is 36.6 Å². The Balaban J connectivity index is 1.35. The van der Waals surface area contributed by atoms with Crippen LogP contribution in [0.25, 0.3) is 15.9 Å². The summed E-state index contributed by atoms with van der Waals surface area (Å²) in [4.78, 5) is 19.3. The predicted octanol–water partition coefficient (Wildman–Crippen LogP) is 5.41. The zero-order valence-electron chi connectivity index (χ0n) is 18.6. The molecule has 0 radical (unpaired) electrons. The predicted molar refractivity (Wildman–Crippen MR) is 134 cm³/mol. The molecule has 0 aliphatic carbocycles. The maximum absolute atomic E-state index is 13.3. The average molecular weight is 481 g/mol. The van der Waals surface area contributed by atoms with Gasteiger partial charge in [0.25, 0.3) is 5.91 Å². The second-order valence-corrected chi connectivity index (χ2v) is 9.45. The topological polar surface area (TPSA) is 50.6 Å². The molecule has 1 saturated heterocycles. The second-order valence-electron chi connectivity index (χ2n) is 7.99. The van der Waals surface area contributed by atoms with E-state index in [9.17, 15) is 4.79 Å². The summed E-state index contributed by atoms with van der Waals surface area (Å²) in [6.45, 7) is 7.49. The van der Waals surface area contributed by atoms with Crippen molar-refractivity contribution in [2.45, 2.75) is 13.8 Å². The Labute approximate surface area is 201 Å². The molecule has 0 bridgehead atoms. The summed E-state index contributed by atoms with van der Waals surface area (Å²) in [5.41, 5.74) is 2.88. The largest absolute Gasteiger partial charge is 0.492 e. The van der Waals surface area contributed by atoms with Gasteiger partial charge in [0.05, 0.1) is 28.6 Å². The summed E-state index contributed by atoms with van der Waals surface area (Å²) >= 11 is 7.67. The third kappa shape index (κ3) is 4.18. The van der Waals surface area contributed by atoms with Crippen LogP contribution in [0, 0.1) is 6.92 Å². The minimum atomic E-state index is 0.0750. The number of halogens is 1. The first-order valence-electron chi connectivity index (χ1n) is 11.1. The molecule has 4 aromatic rings. The summed E-state index contributed by atoms with van der Waals surface area (Å²) in [5, 5.41) is 6.33. The summed E-state index contributed by atoms with van der Waals surface area (Å²) < 4.78 is 7.66. The molecule has 8 heteroatoms. The van der Waals surface area contributed by atoms with Gasteiger partial charge in [-0.2, -0.15) is 5.10 Å². The zero-order chi connectivity index (χ0) is 22.9. The number of fused-ring (bicyclic) bond motifs is 1. The third-order valence-electron chi connectivity index (χ3n) is 5.88. The second kappa shape index (κ2) is 9.08. The van der Waals surface area contributed by atoms with Gasteiger partial charge in [-0.25, -0.2) is 4.68 Å². The first-order valence-corrected chi connectivity index (χ1v) is 12.3. The fourth-order valence-corrected chi connectivity index (χ4v) is 5.57. The number of thiophene rings is 1. The van der Waals surface area contributed by atoms with E-state index in [1.807, 2.05) is 72.0 Å². The van der Waals surface area contributed by atoms with Gasteiger partial charge in [-0.3, -0.25) is 4.79 Å². The molecule has 2 aromatic carbocycles. The zero-order valence-corrected chi connectivity index (χ0v) is 20.2. The Hall–Kier alpha value is -3.03. The van der Waals surface area contributed by atoms with Gasteiger partial charge < -0.3 is 14.5 Å². The number of piperazine rings is 1. The number of hydrogen-bond acceptors (Lipinski definition) is 5. The molecule has 1 amide bonds. The van der Waals surface area contributed by atoms with Gasteiger partial charge in [-0.05, 0) is 50.2 Å². The van der Waals surface area contributed by atoms with Crippen LogP contribution in [0.4, 0.5) is 5.69 Å². The first-order chi connectivity index (χ1) is 16.0. The number of hydrogen-bond donors (Lipinski definition) is 0. The quantitative estimate of drug-likeness (QED) is 0.383. The van der Waals surface area contributed by atoms with Crippen LogP contribution in [0.5, 0.6) is 5.75 Å². The minimum Gasteiger partial charge on any atom is -0.492 e. The Morgan fingerprint density at radius 3 is 2.64 bits per heavy atom. The molecule has 1 aliphatic heterocycles. The van der Waals surface area contributed by atoms with Gasteiger partial charge in [-0.15, -0.1) is 11.3 Å². The van der Waals surface area contributed by atoms with Crippen LogP contribution >= 0.6 is 22.9 Å². The van der Waals surface area contributed by atoms with Crippen LogP contribution in [-0.4, -0.2) is 53.4 Å². The van der Waals surface area contributed by atoms with Crippen molar-refractivity contribution < 1.29 is 9.53 Å². The lowest BCUT2D eigenvalue weighted by Crippen LogP contribution is -2.48. The summed E-state index contributed by atoms with van der Waals surface area (Å²) in [5.74, 6) is 0.969. The van der Waals surface area contributed by atoms with Crippen molar-refractivity contribution in [3.63, 3.8) is 0 Å². The van der Waals surface area contributed by atoms with Gasteiger partial charge in [0.2, 0.25) is 0 Å². The van der Waals surface area contributed by atoms with E-state index in [0.717, 1.165) is 51.0 Å². The number of amides is 1. The monoisotopic (exact) mass is 480 g/mol. The fourth-order valence-electron chi connectivity index (χ4n) is 4.24. The van der Waals surface area contributed by atoms with E-state index in [1.54, 1.807) is 0 Å². The smallest absolute Gasteiger partial charge is 0.264 e. The summed E-state index contributed by atoms with van der Waals surface area (Å²) in [7, 11) is 0. The molecule has 3 heterocycles. The lowest BCUT2D eigenvalue weighted by Gasteiger charge is -2.36. The van der Waals surface area contributed by atoms with Gasteiger partial charge in [0.1, 0.15) is 10.6 Å². The Bertz CT molecular complexity index is 1310. The molecular weight excluding hydrogens is 456 g/mol. The number of ether oxygens (including phenoxy) is 1. The molecule has 170 valence electrons. The number of carbonyl (C=O) groups excluding carboxylic acids is 1. The molecule has 0 atom stereocenters. The van der Waals surface area contributed by atoms with E-state index in [-0.39, 0.29) is 5.91 Å². The van der Waals surface area contributed by atoms with Gasteiger partial charge >= 0.3 is 0 Å². The van der Waals surface area contributed by atoms with Crippen LogP contribution in [0.3, 0.4) is 0 Å². The van der Waals surface area contributed by atoms with E-state index < -0.39 is 0 Å². The number of aromatic nitrogens is 2. The average Bonchev–Trinajstić information content (AvgIpc) is 3.40. The highest BCUT2D eigenvalue weighted by Crippen LogP contribution is 2.33. The normalized spacial score (nSPS) is 14.2. The number of carbonyl (C=O) groups is 1. The lowest BCUT2D eigenvalue weighted by molar-refractivity contribution is 0.0751. The molecule has 6 nitrogen and oxygen atoms in total. The number of benzene rings is 2. The molecule has 2 aromatic heterocycles. The molecule has 0 saturated carbocycles. The highest BCUT2D eigenvalue weighted by Gasteiger charge is 2.26. The number of anilines is 1. The van der Waals surface area contributed by atoms with E-state index in [0.29, 0.717) is 24.7 Å². The third-order valence-corrected chi connectivity index (χ3v) is 7.21. The lowest BCUT2D eigenvalue weighted by atomic mass is 10.2.